The highest BCUT2D eigenvalue weighted by atomic mass is 16.3. The number of aromatic nitrogens is 4. The minimum atomic E-state index is -0.195. The minimum Gasteiger partial charge on any atom is -0.507 e. The summed E-state index contributed by atoms with van der Waals surface area (Å²) in [4.78, 5) is 14.5. The van der Waals surface area contributed by atoms with Crippen LogP contribution in [0.25, 0.3) is 22.3 Å². The summed E-state index contributed by atoms with van der Waals surface area (Å²) in [6, 6.07) is 16.3. The molecule has 6 rings (SSSR count). The molecule has 2 fully saturated rings. The molecule has 4 aromatic rings. The van der Waals surface area contributed by atoms with Crippen molar-refractivity contribution < 1.29 is 10.2 Å². The number of imidazole rings is 1. The molecule has 192 valence electrons. The molecule has 0 saturated heterocycles. The van der Waals surface area contributed by atoms with Crippen LogP contribution in [0.5, 0.6) is 5.75 Å². The Hall–Kier alpha value is -3.65. The van der Waals surface area contributed by atoms with Crippen LogP contribution in [0.4, 0.5) is 11.8 Å². The monoisotopic (exact) mass is 498 g/mol. The smallest absolute Gasteiger partial charge is 0.227 e. The van der Waals surface area contributed by atoms with Crippen molar-refractivity contribution in [2.75, 3.05) is 10.6 Å². The predicted molar refractivity (Wildman–Crippen MR) is 146 cm³/mol. The zero-order valence-corrected chi connectivity index (χ0v) is 21.0. The number of aromatic hydroxyl groups is 1. The summed E-state index contributed by atoms with van der Waals surface area (Å²) in [5.41, 5.74) is 4.57. The zero-order chi connectivity index (χ0) is 25.2. The molecule has 4 N–H and O–H groups in total. The first-order valence-corrected chi connectivity index (χ1v) is 13.4. The molecular formula is C29H34N6O2. The molecule has 8 nitrogen and oxygen atoms in total. The number of para-hydroxylation sites is 1. The number of aliphatic hydroxyl groups excluding tert-OH is 1. The van der Waals surface area contributed by atoms with E-state index in [9.17, 15) is 10.2 Å². The van der Waals surface area contributed by atoms with E-state index in [1.807, 2.05) is 36.7 Å². The van der Waals surface area contributed by atoms with Crippen molar-refractivity contribution in [2.45, 2.75) is 76.1 Å². The molecule has 0 spiro atoms. The van der Waals surface area contributed by atoms with E-state index in [1.54, 1.807) is 6.07 Å². The van der Waals surface area contributed by atoms with E-state index >= 15 is 0 Å². The molecule has 0 aliphatic heterocycles. The van der Waals surface area contributed by atoms with Gasteiger partial charge in [0.05, 0.1) is 12.4 Å². The Labute approximate surface area is 216 Å². The van der Waals surface area contributed by atoms with E-state index in [0.29, 0.717) is 18.5 Å². The fraction of sp³-hybridized carbons (Fsp3) is 0.414. The maximum atomic E-state index is 10.2. The largest absolute Gasteiger partial charge is 0.507 e. The number of hydrogen-bond acceptors (Lipinski definition) is 7. The molecule has 2 heterocycles. The number of fused-ring (bicyclic) bond motifs is 1. The number of hydrogen-bond donors (Lipinski definition) is 4. The Bertz CT molecular complexity index is 1350. The fourth-order valence-electron chi connectivity index (χ4n) is 5.66. The second kappa shape index (κ2) is 10.4. The molecule has 2 aliphatic carbocycles. The van der Waals surface area contributed by atoms with Crippen LogP contribution in [-0.2, 0) is 6.54 Å². The van der Waals surface area contributed by atoms with Gasteiger partial charge in [0.1, 0.15) is 5.75 Å². The first-order chi connectivity index (χ1) is 18.1. The van der Waals surface area contributed by atoms with Gasteiger partial charge >= 0.3 is 0 Å². The van der Waals surface area contributed by atoms with Crippen molar-refractivity contribution in [3.63, 3.8) is 0 Å². The molecule has 0 radical (unpaired) electrons. The average molecular weight is 499 g/mol. The molecule has 37 heavy (non-hydrogen) atoms. The highest BCUT2D eigenvalue weighted by Crippen LogP contribution is 2.34. The number of benzene rings is 2. The number of nitrogens with one attached hydrogen (secondary N) is 2. The summed E-state index contributed by atoms with van der Waals surface area (Å²) < 4.78 is 2.23. The molecule has 0 bridgehead atoms. The lowest BCUT2D eigenvalue weighted by molar-refractivity contribution is 0.126. The van der Waals surface area contributed by atoms with Gasteiger partial charge in [-0.3, -0.25) is 0 Å². The van der Waals surface area contributed by atoms with Crippen molar-refractivity contribution in [2.24, 2.45) is 0 Å². The Kier molecular flexibility index (Phi) is 6.66. The first kappa shape index (κ1) is 23.7. The molecule has 2 saturated carbocycles. The lowest BCUT2D eigenvalue weighted by Crippen LogP contribution is -2.29. The van der Waals surface area contributed by atoms with Crippen molar-refractivity contribution in [1.29, 1.82) is 0 Å². The Morgan fingerprint density at radius 3 is 2.41 bits per heavy atom. The van der Waals surface area contributed by atoms with E-state index in [2.05, 4.69) is 27.3 Å². The van der Waals surface area contributed by atoms with E-state index in [4.69, 9.17) is 15.0 Å². The van der Waals surface area contributed by atoms with Crippen LogP contribution in [0, 0.1) is 0 Å². The lowest BCUT2D eigenvalue weighted by Gasteiger charge is -2.26. The van der Waals surface area contributed by atoms with Gasteiger partial charge in [0.15, 0.2) is 17.0 Å². The number of anilines is 2. The predicted octanol–water partition coefficient (Wildman–Crippen LogP) is 5.64. The molecular weight excluding hydrogens is 464 g/mol. The second-order valence-electron chi connectivity index (χ2n) is 10.4. The van der Waals surface area contributed by atoms with Crippen LogP contribution in [0.3, 0.4) is 0 Å². The van der Waals surface area contributed by atoms with E-state index in [0.717, 1.165) is 72.2 Å². The molecule has 2 aliphatic rings. The van der Waals surface area contributed by atoms with Gasteiger partial charge in [0.2, 0.25) is 5.95 Å². The third-order valence-electron chi connectivity index (χ3n) is 7.80. The molecule has 0 amide bonds. The molecule has 0 unspecified atom stereocenters. The molecule has 2 aromatic heterocycles. The summed E-state index contributed by atoms with van der Waals surface area (Å²) in [5, 5.41) is 27.1. The fourth-order valence-corrected chi connectivity index (χ4v) is 5.66. The standard InChI is InChI=1S/C29H34N6O2/c36-23-15-13-21(14-16-23)32-29-33-27(26-28(34-29)35(18-31-26)22-5-1-2-6-22)30-17-19-9-11-20(12-10-19)24-7-3-4-8-25(24)37/h3-4,7-12,18,21-23,36-37H,1-2,5-6,13-17H2,(H2,30,32,33,34). The van der Waals surface area contributed by atoms with E-state index in [-0.39, 0.29) is 17.9 Å². The van der Waals surface area contributed by atoms with Gasteiger partial charge in [-0.05, 0) is 55.7 Å². The van der Waals surface area contributed by atoms with Crippen LogP contribution < -0.4 is 10.6 Å². The van der Waals surface area contributed by atoms with Crippen molar-refractivity contribution in [1.82, 2.24) is 19.5 Å². The van der Waals surface area contributed by atoms with Gasteiger partial charge in [-0.2, -0.15) is 9.97 Å². The second-order valence-corrected chi connectivity index (χ2v) is 10.4. The maximum Gasteiger partial charge on any atom is 0.227 e. The SMILES string of the molecule is Oc1ccccc1-c1ccc(CNc2nc(NC3CCC(O)CC3)nc3c2ncn3C2CCCC2)cc1. The van der Waals surface area contributed by atoms with Gasteiger partial charge in [-0.15, -0.1) is 0 Å². The number of nitrogens with zero attached hydrogens (tertiary/aromatic N) is 4. The Morgan fingerprint density at radius 1 is 0.892 bits per heavy atom. The van der Waals surface area contributed by atoms with Gasteiger partial charge in [-0.25, -0.2) is 4.98 Å². The third kappa shape index (κ3) is 5.11. The molecule has 0 atom stereocenters. The zero-order valence-electron chi connectivity index (χ0n) is 21.0. The summed E-state index contributed by atoms with van der Waals surface area (Å²) >= 11 is 0. The van der Waals surface area contributed by atoms with Crippen LogP contribution in [-0.4, -0.2) is 41.9 Å². The first-order valence-electron chi connectivity index (χ1n) is 13.4. The van der Waals surface area contributed by atoms with Crippen LogP contribution in [0.15, 0.2) is 54.9 Å². The third-order valence-corrected chi connectivity index (χ3v) is 7.80. The van der Waals surface area contributed by atoms with Crippen molar-refractivity contribution >= 4 is 22.9 Å². The topological polar surface area (TPSA) is 108 Å². The Morgan fingerprint density at radius 2 is 1.65 bits per heavy atom. The maximum absolute atomic E-state index is 10.2. The van der Waals surface area contributed by atoms with Crippen LogP contribution in [0.2, 0.25) is 0 Å². The minimum absolute atomic E-state index is 0.195. The summed E-state index contributed by atoms with van der Waals surface area (Å²) in [5.74, 6) is 1.62. The Balaban J connectivity index is 1.25. The number of rotatable bonds is 7. The van der Waals surface area contributed by atoms with Crippen molar-refractivity contribution in [3.8, 4) is 16.9 Å². The quantitative estimate of drug-likeness (QED) is 0.261. The van der Waals surface area contributed by atoms with Gasteiger partial charge in [0.25, 0.3) is 0 Å². The highest BCUT2D eigenvalue weighted by molar-refractivity contribution is 5.84. The van der Waals surface area contributed by atoms with E-state index in [1.165, 1.54) is 12.8 Å². The van der Waals surface area contributed by atoms with E-state index < -0.39 is 0 Å². The lowest BCUT2D eigenvalue weighted by atomic mass is 9.93. The van der Waals surface area contributed by atoms with Crippen LogP contribution >= 0.6 is 0 Å². The summed E-state index contributed by atoms with van der Waals surface area (Å²) in [6.45, 7) is 0.596. The van der Waals surface area contributed by atoms with Crippen molar-refractivity contribution in [3.05, 3.63) is 60.4 Å². The van der Waals surface area contributed by atoms with Gasteiger partial charge in [-0.1, -0.05) is 55.3 Å². The normalized spacial score (nSPS) is 20.4. The van der Waals surface area contributed by atoms with Gasteiger partial charge < -0.3 is 25.4 Å². The summed E-state index contributed by atoms with van der Waals surface area (Å²) in [7, 11) is 0. The summed E-state index contributed by atoms with van der Waals surface area (Å²) in [6.07, 6.45) is 9.97. The molecule has 2 aromatic carbocycles. The molecule has 8 heteroatoms. The number of phenolic OH excluding ortho intramolecular Hbond substituents is 1. The highest BCUT2D eigenvalue weighted by Gasteiger charge is 2.24. The van der Waals surface area contributed by atoms with Gasteiger partial charge in [0, 0.05) is 24.2 Å². The average Bonchev–Trinajstić information content (AvgIpc) is 3.60. The number of aliphatic hydroxyl groups is 1. The number of phenols is 1. The van der Waals surface area contributed by atoms with Crippen LogP contribution in [0.1, 0.15) is 63.0 Å².